The molecule has 5 heteroatoms. The summed E-state index contributed by atoms with van der Waals surface area (Å²) in [6, 6.07) is 13.9. The Bertz CT molecular complexity index is 646. The normalized spacial score (nSPS) is 10.5. The molecule has 0 saturated carbocycles. The van der Waals surface area contributed by atoms with E-state index in [1.165, 1.54) is 0 Å². The number of nitrogens with zero attached hydrogens (tertiary/aromatic N) is 1. The number of para-hydroxylation sites is 1. The van der Waals surface area contributed by atoms with Crippen LogP contribution in [-0.2, 0) is 0 Å². The number of nitrogens with one attached hydrogen (secondary N) is 1. The zero-order chi connectivity index (χ0) is 12.4. The van der Waals surface area contributed by atoms with Gasteiger partial charge in [-0.05, 0) is 24.3 Å². The first kappa shape index (κ1) is 11.7. The fourth-order valence-electron chi connectivity index (χ4n) is 1.54. The number of rotatable bonds is 3. The standard InChI is InChI=1S/C13H9ClN2S2/c14-12-7-6-11(18-12)10-8-17-13(16-10)15-9-4-2-1-3-5-9/h1-8H,(H,15,16). The number of thiophene rings is 1. The van der Waals surface area contributed by atoms with Crippen LogP contribution >= 0.6 is 34.3 Å². The van der Waals surface area contributed by atoms with Crippen molar-refractivity contribution in [3.05, 3.63) is 52.2 Å². The molecule has 3 rings (SSSR count). The Labute approximate surface area is 118 Å². The number of hydrogen-bond donors (Lipinski definition) is 1. The molecule has 0 saturated heterocycles. The van der Waals surface area contributed by atoms with Crippen LogP contribution in [0.15, 0.2) is 47.8 Å². The predicted octanol–water partition coefficient (Wildman–Crippen LogP) is 5.27. The summed E-state index contributed by atoms with van der Waals surface area (Å²) in [4.78, 5) is 5.64. The summed E-state index contributed by atoms with van der Waals surface area (Å²) < 4.78 is 0.788. The van der Waals surface area contributed by atoms with Crippen molar-refractivity contribution in [2.24, 2.45) is 0 Å². The molecular weight excluding hydrogens is 284 g/mol. The van der Waals surface area contributed by atoms with Crippen molar-refractivity contribution in [2.45, 2.75) is 0 Å². The largest absolute Gasteiger partial charge is 0.332 e. The van der Waals surface area contributed by atoms with Gasteiger partial charge >= 0.3 is 0 Å². The van der Waals surface area contributed by atoms with Gasteiger partial charge in [0.25, 0.3) is 0 Å². The van der Waals surface area contributed by atoms with Gasteiger partial charge in [0, 0.05) is 11.1 Å². The van der Waals surface area contributed by atoms with Crippen LogP contribution < -0.4 is 5.32 Å². The lowest BCUT2D eigenvalue weighted by Crippen LogP contribution is -1.88. The van der Waals surface area contributed by atoms with Crippen LogP contribution in [0.3, 0.4) is 0 Å². The van der Waals surface area contributed by atoms with Crippen molar-refractivity contribution in [3.63, 3.8) is 0 Å². The van der Waals surface area contributed by atoms with Crippen LogP contribution in [0.4, 0.5) is 10.8 Å². The molecule has 0 radical (unpaired) electrons. The van der Waals surface area contributed by atoms with Crippen molar-refractivity contribution in [1.82, 2.24) is 4.98 Å². The Hall–Kier alpha value is -1.36. The third-order valence-electron chi connectivity index (χ3n) is 2.35. The summed E-state index contributed by atoms with van der Waals surface area (Å²) in [5.41, 5.74) is 2.01. The van der Waals surface area contributed by atoms with Gasteiger partial charge in [-0.1, -0.05) is 29.8 Å². The summed E-state index contributed by atoms with van der Waals surface area (Å²) in [7, 11) is 0. The van der Waals surface area contributed by atoms with E-state index in [0.29, 0.717) is 0 Å². The zero-order valence-electron chi connectivity index (χ0n) is 9.26. The van der Waals surface area contributed by atoms with Gasteiger partial charge in [0.2, 0.25) is 0 Å². The van der Waals surface area contributed by atoms with Crippen LogP contribution in [-0.4, -0.2) is 4.98 Å². The number of anilines is 2. The molecule has 0 aliphatic heterocycles. The van der Waals surface area contributed by atoms with E-state index < -0.39 is 0 Å². The van der Waals surface area contributed by atoms with E-state index >= 15 is 0 Å². The van der Waals surface area contributed by atoms with Crippen LogP contribution in [0.1, 0.15) is 0 Å². The van der Waals surface area contributed by atoms with Crippen molar-refractivity contribution in [3.8, 4) is 10.6 Å². The zero-order valence-corrected chi connectivity index (χ0v) is 11.6. The number of aromatic nitrogens is 1. The molecule has 18 heavy (non-hydrogen) atoms. The molecule has 2 heterocycles. The first-order chi connectivity index (χ1) is 8.81. The summed E-state index contributed by atoms with van der Waals surface area (Å²) in [5, 5.41) is 6.20. The van der Waals surface area contributed by atoms with Crippen molar-refractivity contribution < 1.29 is 0 Å². The molecule has 2 aromatic heterocycles. The molecule has 3 aromatic rings. The minimum atomic E-state index is 0.788. The highest BCUT2D eigenvalue weighted by atomic mass is 35.5. The molecule has 0 bridgehead atoms. The maximum Gasteiger partial charge on any atom is 0.187 e. The molecule has 0 aliphatic rings. The Kier molecular flexibility index (Phi) is 3.32. The maximum atomic E-state index is 5.93. The second kappa shape index (κ2) is 5.10. The Morgan fingerprint density at radius 3 is 2.61 bits per heavy atom. The minimum absolute atomic E-state index is 0.788. The highest BCUT2D eigenvalue weighted by Crippen LogP contribution is 2.33. The number of benzene rings is 1. The van der Waals surface area contributed by atoms with E-state index in [2.05, 4.69) is 10.3 Å². The molecule has 1 N–H and O–H groups in total. The second-order valence-corrected chi connectivity index (χ2v) is 6.21. The first-order valence-corrected chi connectivity index (χ1v) is 7.42. The molecule has 2 nitrogen and oxygen atoms in total. The summed E-state index contributed by atoms with van der Waals surface area (Å²) >= 11 is 9.06. The second-order valence-electron chi connectivity index (χ2n) is 3.63. The lowest BCUT2D eigenvalue weighted by Gasteiger charge is -2.00. The fraction of sp³-hybridized carbons (Fsp3) is 0. The quantitative estimate of drug-likeness (QED) is 0.711. The van der Waals surface area contributed by atoms with E-state index in [9.17, 15) is 0 Å². The van der Waals surface area contributed by atoms with E-state index in [-0.39, 0.29) is 0 Å². The molecule has 0 atom stereocenters. The Morgan fingerprint density at radius 2 is 1.89 bits per heavy atom. The van der Waals surface area contributed by atoms with Crippen LogP contribution in [0.5, 0.6) is 0 Å². The topological polar surface area (TPSA) is 24.9 Å². The van der Waals surface area contributed by atoms with Crippen LogP contribution in [0.25, 0.3) is 10.6 Å². The smallest absolute Gasteiger partial charge is 0.187 e. The van der Waals surface area contributed by atoms with Crippen molar-refractivity contribution in [1.29, 1.82) is 0 Å². The molecule has 90 valence electrons. The number of thiazole rings is 1. The van der Waals surface area contributed by atoms with Gasteiger partial charge in [0.15, 0.2) is 5.13 Å². The van der Waals surface area contributed by atoms with Gasteiger partial charge in [-0.3, -0.25) is 0 Å². The molecule has 0 spiro atoms. The van der Waals surface area contributed by atoms with Gasteiger partial charge in [0.05, 0.1) is 14.9 Å². The third kappa shape index (κ3) is 2.56. The highest BCUT2D eigenvalue weighted by Gasteiger charge is 2.06. The van der Waals surface area contributed by atoms with E-state index in [1.54, 1.807) is 22.7 Å². The van der Waals surface area contributed by atoms with Gasteiger partial charge in [-0.25, -0.2) is 4.98 Å². The monoisotopic (exact) mass is 292 g/mol. The summed E-state index contributed by atoms with van der Waals surface area (Å²) in [6.07, 6.45) is 0. The molecular formula is C13H9ClN2S2. The van der Waals surface area contributed by atoms with Crippen LogP contribution in [0, 0.1) is 0 Å². The van der Waals surface area contributed by atoms with Gasteiger partial charge in [-0.2, -0.15) is 0 Å². The van der Waals surface area contributed by atoms with Crippen molar-refractivity contribution >= 4 is 45.1 Å². The predicted molar refractivity (Wildman–Crippen MR) is 80.2 cm³/mol. The lowest BCUT2D eigenvalue weighted by molar-refractivity contribution is 1.40. The molecule has 0 unspecified atom stereocenters. The van der Waals surface area contributed by atoms with Crippen LogP contribution in [0.2, 0.25) is 4.34 Å². The average Bonchev–Trinajstić information content (AvgIpc) is 2.99. The molecule has 0 fully saturated rings. The Morgan fingerprint density at radius 1 is 1.06 bits per heavy atom. The maximum absolute atomic E-state index is 5.93. The average molecular weight is 293 g/mol. The summed E-state index contributed by atoms with van der Waals surface area (Å²) in [6.45, 7) is 0. The van der Waals surface area contributed by atoms with E-state index in [4.69, 9.17) is 11.6 Å². The van der Waals surface area contributed by atoms with Gasteiger partial charge in [-0.15, -0.1) is 22.7 Å². The molecule has 0 amide bonds. The fourth-order valence-corrected chi connectivity index (χ4v) is 3.35. The van der Waals surface area contributed by atoms with E-state index in [0.717, 1.165) is 25.7 Å². The third-order valence-corrected chi connectivity index (χ3v) is 4.37. The van der Waals surface area contributed by atoms with Gasteiger partial charge < -0.3 is 5.32 Å². The SMILES string of the molecule is Clc1ccc(-c2csc(Nc3ccccc3)n2)s1. The molecule has 1 aromatic carbocycles. The van der Waals surface area contributed by atoms with Crippen molar-refractivity contribution in [2.75, 3.05) is 5.32 Å². The number of halogens is 1. The lowest BCUT2D eigenvalue weighted by atomic mass is 10.3. The minimum Gasteiger partial charge on any atom is -0.332 e. The first-order valence-electron chi connectivity index (χ1n) is 5.34. The van der Waals surface area contributed by atoms with E-state index in [1.807, 2.05) is 47.8 Å². The Balaban J connectivity index is 1.82. The highest BCUT2D eigenvalue weighted by molar-refractivity contribution is 7.20. The molecule has 0 aliphatic carbocycles. The number of hydrogen-bond acceptors (Lipinski definition) is 4. The summed E-state index contributed by atoms with van der Waals surface area (Å²) in [5.74, 6) is 0. The van der Waals surface area contributed by atoms with Gasteiger partial charge in [0.1, 0.15) is 0 Å².